The van der Waals surface area contributed by atoms with E-state index in [-0.39, 0.29) is 30.4 Å². The highest BCUT2D eigenvalue weighted by Crippen LogP contribution is 2.40. The van der Waals surface area contributed by atoms with Gasteiger partial charge in [0.25, 0.3) is 5.91 Å². The molecule has 1 aliphatic heterocycles. The third-order valence-electron chi connectivity index (χ3n) is 5.97. The number of benzene rings is 3. The van der Waals surface area contributed by atoms with Gasteiger partial charge in [0.2, 0.25) is 5.91 Å². The van der Waals surface area contributed by atoms with Crippen molar-refractivity contribution in [1.29, 1.82) is 0 Å². The van der Waals surface area contributed by atoms with Crippen molar-refractivity contribution in [3.63, 3.8) is 0 Å². The van der Waals surface area contributed by atoms with E-state index in [0.29, 0.717) is 5.56 Å². The Morgan fingerprint density at radius 1 is 0.968 bits per heavy atom. The Bertz CT molecular complexity index is 1260. The molecule has 5 rings (SSSR count). The van der Waals surface area contributed by atoms with Crippen molar-refractivity contribution in [2.45, 2.75) is 19.0 Å². The van der Waals surface area contributed by atoms with Gasteiger partial charge in [-0.1, -0.05) is 66.7 Å². The lowest BCUT2D eigenvalue weighted by Crippen LogP contribution is -2.40. The van der Waals surface area contributed by atoms with Crippen molar-refractivity contribution >= 4 is 22.7 Å². The fourth-order valence-electron chi connectivity index (χ4n) is 4.46. The normalized spacial score (nSPS) is 16.4. The third-order valence-corrected chi connectivity index (χ3v) is 5.97. The molecule has 31 heavy (non-hydrogen) atoms. The number of carbonyl (C=O) groups is 2. The van der Waals surface area contributed by atoms with Gasteiger partial charge < -0.3 is 15.2 Å². The molecular formula is C26H23N3O2. The predicted molar refractivity (Wildman–Crippen MR) is 121 cm³/mol. The molecule has 5 heteroatoms. The number of carbonyl (C=O) groups excluding carboxylic acids is 2. The molecule has 2 amide bonds. The van der Waals surface area contributed by atoms with E-state index in [2.05, 4.69) is 10.3 Å². The minimum atomic E-state index is -0.308. The number of nitrogens with one attached hydrogen (secondary N) is 2. The molecule has 0 fully saturated rings. The molecule has 0 spiro atoms. The van der Waals surface area contributed by atoms with E-state index in [1.165, 1.54) is 0 Å². The molecule has 4 aromatic rings. The van der Waals surface area contributed by atoms with Crippen LogP contribution in [0.4, 0.5) is 0 Å². The maximum Gasteiger partial charge on any atom is 0.255 e. The van der Waals surface area contributed by atoms with Crippen LogP contribution in [0.3, 0.4) is 0 Å². The van der Waals surface area contributed by atoms with Crippen molar-refractivity contribution in [1.82, 2.24) is 15.2 Å². The zero-order valence-electron chi connectivity index (χ0n) is 17.2. The first-order valence-corrected chi connectivity index (χ1v) is 10.4. The van der Waals surface area contributed by atoms with Crippen LogP contribution in [0.25, 0.3) is 10.9 Å². The average molecular weight is 409 g/mol. The summed E-state index contributed by atoms with van der Waals surface area (Å²) in [4.78, 5) is 31.2. The molecule has 154 valence electrons. The van der Waals surface area contributed by atoms with Gasteiger partial charge in [0.05, 0.1) is 12.1 Å². The lowest BCUT2D eigenvalue weighted by atomic mass is 9.97. The first-order chi connectivity index (χ1) is 15.1. The Labute approximate surface area is 180 Å². The zero-order valence-corrected chi connectivity index (χ0v) is 17.2. The van der Waals surface area contributed by atoms with E-state index >= 15 is 0 Å². The van der Waals surface area contributed by atoms with Gasteiger partial charge >= 0.3 is 0 Å². The van der Waals surface area contributed by atoms with Gasteiger partial charge in [-0.05, 0) is 30.2 Å². The molecule has 1 aromatic heterocycles. The number of rotatable bonds is 5. The highest BCUT2D eigenvalue weighted by atomic mass is 16.2. The minimum Gasteiger partial charge on any atom is -0.361 e. The van der Waals surface area contributed by atoms with Crippen LogP contribution in [-0.4, -0.2) is 28.2 Å². The molecule has 0 aliphatic carbocycles. The van der Waals surface area contributed by atoms with Crippen molar-refractivity contribution in [3.8, 4) is 0 Å². The Morgan fingerprint density at radius 3 is 2.52 bits per heavy atom. The number of hydrogen-bond donors (Lipinski definition) is 2. The third kappa shape index (κ3) is 3.38. The van der Waals surface area contributed by atoms with E-state index in [1.807, 2.05) is 92.0 Å². The molecule has 3 aromatic carbocycles. The summed E-state index contributed by atoms with van der Waals surface area (Å²) in [6.45, 7) is 1.94. The van der Waals surface area contributed by atoms with Gasteiger partial charge in [0, 0.05) is 28.2 Å². The molecule has 2 heterocycles. The highest BCUT2D eigenvalue weighted by Gasteiger charge is 2.39. The van der Waals surface area contributed by atoms with E-state index in [1.54, 1.807) is 4.90 Å². The Hall–Kier alpha value is -3.86. The molecule has 0 bridgehead atoms. The standard InChI is InChI=1S/C26H23N3O2/c1-17(18-9-3-2-4-10-18)28-24(30)16-29-25(20-12-5-6-13-21(20)26(29)31)22-15-27-23-14-8-7-11-19(22)23/h2-15,17,25,27H,16H2,1H3,(H,28,30). The van der Waals surface area contributed by atoms with Crippen LogP contribution in [-0.2, 0) is 4.79 Å². The largest absolute Gasteiger partial charge is 0.361 e. The van der Waals surface area contributed by atoms with Gasteiger partial charge in [0.1, 0.15) is 6.54 Å². The second-order valence-electron chi connectivity index (χ2n) is 7.91. The summed E-state index contributed by atoms with van der Waals surface area (Å²) in [7, 11) is 0. The second-order valence-corrected chi connectivity index (χ2v) is 7.91. The molecule has 1 aliphatic rings. The predicted octanol–water partition coefficient (Wildman–Crippen LogP) is 4.59. The van der Waals surface area contributed by atoms with E-state index in [0.717, 1.165) is 27.6 Å². The summed E-state index contributed by atoms with van der Waals surface area (Å²) in [5.74, 6) is -0.296. The lowest BCUT2D eigenvalue weighted by Gasteiger charge is -2.26. The first kappa shape index (κ1) is 19.1. The van der Waals surface area contributed by atoms with Gasteiger partial charge in [0.15, 0.2) is 0 Å². The fraction of sp³-hybridized carbons (Fsp3) is 0.154. The summed E-state index contributed by atoms with van der Waals surface area (Å²) in [6.07, 6.45) is 1.95. The molecule has 0 saturated carbocycles. The second kappa shape index (κ2) is 7.76. The van der Waals surface area contributed by atoms with Gasteiger partial charge in [-0.2, -0.15) is 0 Å². The summed E-state index contributed by atoms with van der Waals surface area (Å²) in [6, 6.07) is 25.0. The van der Waals surface area contributed by atoms with Gasteiger partial charge in [-0.25, -0.2) is 0 Å². The number of H-pyrrole nitrogens is 1. The van der Waals surface area contributed by atoms with Crippen LogP contribution in [0, 0.1) is 0 Å². The number of aromatic amines is 1. The number of amides is 2. The SMILES string of the molecule is CC(NC(=O)CN1C(=O)c2ccccc2C1c1c[nH]c2ccccc12)c1ccccc1. The Morgan fingerprint density at radius 2 is 1.68 bits per heavy atom. The molecule has 0 radical (unpaired) electrons. The number of nitrogens with zero attached hydrogens (tertiary/aromatic N) is 1. The summed E-state index contributed by atoms with van der Waals surface area (Å²) in [5, 5.41) is 4.09. The van der Waals surface area contributed by atoms with Crippen molar-refractivity contribution < 1.29 is 9.59 Å². The molecule has 2 atom stereocenters. The average Bonchev–Trinajstić information content (AvgIpc) is 3.33. The van der Waals surface area contributed by atoms with Crippen LogP contribution in [0.1, 0.15) is 46.1 Å². The van der Waals surface area contributed by atoms with Crippen LogP contribution in [0.15, 0.2) is 85.1 Å². The van der Waals surface area contributed by atoms with Crippen molar-refractivity contribution in [2.75, 3.05) is 6.54 Å². The monoisotopic (exact) mass is 409 g/mol. The van der Waals surface area contributed by atoms with Gasteiger partial charge in [-0.15, -0.1) is 0 Å². The van der Waals surface area contributed by atoms with Crippen molar-refractivity contribution in [3.05, 3.63) is 107 Å². The topological polar surface area (TPSA) is 65.2 Å². The quantitative estimate of drug-likeness (QED) is 0.506. The van der Waals surface area contributed by atoms with E-state index in [9.17, 15) is 9.59 Å². The maximum absolute atomic E-state index is 13.3. The number of para-hydroxylation sites is 1. The Kier molecular flexibility index (Phi) is 4.79. The molecule has 2 N–H and O–H groups in total. The van der Waals surface area contributed by atoms with Gasteiger partial charge in [-0.3, -0.25) is 9.59 Å². The van der Waals surface area contributed by atoms with Crippen LogP contribution < -0.4 is 5.32 Å². The fourth-order valence-corrected chi connectivity index (χ4v) is 4.46. The number of fused-ring (bicyclic) bond motifs is 2. The summed E-state index contributed by atoms with van der Waals surface area (Å²) in [5.41, 5.74) is 4.62. The van der Waals surface area contributed by atoms with E-state index < -0.39 is 0 Å². The zero-order chi connectivity index (χ0) is 21.4. The summed E-state index contributed by atoms with van der Waals surface area (Å²) < 4.78 is 0. The van der Waals surface area contributed by atoms with Crippen LogP contribution in [0.2, 0.25) is 0 Å². The van der Waals surface area contributed by atoms with E-state index in [4.69, 9.17) is 0 Å². The molecule has 5 nitrogen and oxygen atoms in total. The van der Waals surface area contributed by atoms with Crippen LogP contribution >= 0.6 is 0 Å². The lowest BCUT2D eigenvalue weighted by molar-refractivity contribution is -0.122. The summed E-state index contributed by atoms with van der Waals surface area (Å²) >= 11 is 0. The minimum absolute atomic E-state index is 0.00510. The number of aromatic nitrogens is 1. The highest BCUT2D eigenvalue weighted by molar-refractivity contribution is 6.02. The number of hydrogen-bond acceptors (Lipinski definition) is 2. The smallest absolute Gasteiger partial charge is 0.255 e. The molecule has 0 saturated heterocycles. The van der Waals surface area contributed by atoms with Crippen molar-refractivity contribution in [2.24, 2.45) is 0 Å². The molecular weight excluding hydrogens is 386 g/mol. The Balaban J connectivity index is 1.47. The first-order valence-electron chi connectivity index (χ1n) is 10.4. The van der Waals surface area contributed by atoms with Crippen LogP contribution in [0.5, 0.6) is 0 Å². The maximum atomic E-state index is 13.3. The molecule has 2 unspecified atom stereocenters.